The van der Waals surface area contributed by atoms with Gasteiger partial charge in [0.15, 0.2) is 0 Å². The second-order valence-electron chi connectivity index (χ2n) is 7.80. The number of hydrogen-bond donors (Lipinski definition) is 1. The Morgan fingerprint density at radius 1 is 0.765 bits per heavy atom. The summed E-state index contributed by atoms with van der Waals surface area (Å²) < 4.78 is 5.37. The molecule has 4 aromatic rings. The van der Waals surface area contributed by atoms with Gasteiger partial charge in [-0.2, -0.15) is 0 Å². The minimum atomic E-state index is -0.373. The Morgan fingerprint density at radius 3 is 2.06 bits per heavy atom. The van der Waals surface area contributed by atoms with Gasteiger partial charge >= 0.3 is 5.97 Å². The Morgan fingerprint density at radius 2 is 1.38 bits per heavy atom. The molecule has 0 bridgehead atoms. The standard InChI is InChI=1S/C28H25NO3.C2H6/c29-18-26(27(30)17-21-12-13-22-6-4-5-9-25(22)16-21)23-14-10-20(11-15-23)19-32-28(31)24-7-2-1-3-8-24;1-2/h1-16,26H,17-19,29H2;1-2H3/t26-;/m1./s1. The van der Waals surface area contributed by atoms with Crippen molar-refractivity contribution in [2.75, 3.05) is 6.54 Å². The molecular weight excluding hydrogens is 422 g/mol. The summed E-state index contributed by atoms with van der Waals surface area (Å²) >= 11 is 0. The van der Waals surface area contributed by atoms with E-state index < -0.39 is 0 Å². The van der Waals surface area contributed by atoms with Crippen LogP contribution in [0.3, 0.4) is 0 Å². The molecule has 4 heteroatoms. The predicted molar refractivity (Wildman–Crippen MR) is 138 cm³/mol. The maximum atomic E-state index is 13.0. The molecule has 0 saturated heterocycles. The first-order valence-corrected chi connectivity index (χ1v) is 11.7. The average Bonchev–Trinajstić information content (AvgIpc) is 2.90. The highest BCUT2D eigenvalue weighted by atomic mass is 16.5. The van der Waals surface area contributed by atoms with Gasteiger partial charge in [0.25, 0.3) is 0 Å². The van der Waals surface area contributed by atoms with Crippen molar-refractivity contribution in [2.24, 2.45) is 5.73 Å². The molecule has 174 valence electrons. The summed E-state index contributed by atoms with van der Waals surface area (Å²) in [6, 6.07) is 30.6. The molecular formula is C30H31NO3. The Balaban J connectivity index is 0.00000158. The first-order chi connectivity index (χ1) is 16.6. The van der Waals surface area contributed by atoms with Gasteiger partial charge in [0, 0.05) is 13.0 Å². The van der Waals surface area contributed by atoms with Crippen molar-refractivity contribution in [3.63, 3.8) is 0 Å². The monoisotopic (exact) mass is 453 g/mol. The van der Waals surface area contributed by atoms with E-state index in [2.05, 4.69) is 12.1 Å². The van der Waals surface area contributed by atoms with Crippen LogP contribution < -0.4 is 5.73 Å². The van der Waals surface area contributed by atoms with Crippen LogP contribution >= 0.6 is 0 Å². The molecule has 0 aliphatic carbocycles. The molecule has 2 N–H and O–H groups in total. The Kier molecular flexibility index (Phi) is 9.12. The molecule has 0 aliphatic rings. The fraction of sp³-hybridized carbons (Fsp3) is 0.200. The molecule has 1 atom stereocenters. The number of benzene rings is 4. The van der Waals surface area contributed by atoms with Crippen molar-refractivity contribution < 1.29 is 14.3 Å². The average molecular weight is 454 g/mol. The predicted octanol–water partition coefficient (Wildman–Crippen LogP) is 6.08. The van der Waals surface area contributed by atoms with Crippen LogP contribution in [0.15, 0.2) is 97.1 Å². The van der Waals surface area contributed by atoms with E-state index in [0.717, 1.165) is 27.5 Å². The van der Waals surface area contributed by atoms with E-state index in [9.17, 15) is 9.59 Å². The number of hydrogen-bond acceptors (Lipinski definition) is 4. The van der Waals surface area contributed by atoms with Crippen molar-refractivity contribution in [1.82, 2.24) is 0 Å². The zero-order chi connectivity index (χ0) is 24.3. The topological polar surface area (TPSA) is 69.4 Å². The first kappa shape index (κ1) is 24.9. The summed E-state index contributed by atoms with van der Waals surface area (Å²) in [5.41, 5.74) is 9.19. The number of ether oxygens (including phenoxy) is 1. The van der Waals surface area contributed by atoms with Gasteiger partial charge in [-0.25, -0.2) is 4.79 Å². The zero-order valence-corrected chi connectivity index (χ0v) is 19.7. The highest BCUT2D eigenvalue weighted by Crippen LogP contribution is 2.21. The van der Waals surface area contributed by atoms with Crippen molar-refractivity contribution in [1.29, 1.82) is 0 Å². The molecule has 4 aromatic carbocycles. The fourth-order valence-corrected chi connectivity index (χ4v) is 3.78. The molecule has 0 aromatic heterocycles. The van der Waals surface area contributed by atoms with Crippen molar-refractivity contribution in [2.45, 2.75) is 32.8 Å². The van der Waals surface area contributed by atoms with Gasteiger partial charge in [0.05, 0.1) is 11.5 Å². The molecule has 0 unspecified atom stereocenters. The molecule has 0 heterocycles. The zero-order valence-electron chi connectivity index (χ0n) is 19.7. The van der Waals surface area contributed by atoms with E-state index in [4.69, 9.17) is 10.5 Å². The van der Waals surface area contributed by atoms with Gasteiger partial charge in [-0.3, -0.25) is 4.79 Å². The molecule has 0 aliphatic heterocycles. The Hall–Kier alpha value is -3.76. The third kappa shape index (κ3) is 6.40. The van der Waals surface area contributed by atoms with Crippen LogP contribution in [0.5, 0.6) is 0 Å². The SMILES string of the molecule is CC.NC[C@@H](C(=O)Cc1ccc2ccccc2c1)c1ccc(COC(=O)c2ccccc2)cc1. The van der Waals surface area contributed by atoms with Crippen LogP contribution in [0.4, 0.5) is 0 Å². The van der Waals surface area contributed by atoms with E-state index in [1.165, 1.54) is 0 Å². The molecule has 0 amide bonds. The lowest BCUT2D eigenvalue weighted by Crippen LogP contribution is -2.23. The number of Topliss-reactive ketones (excluding diaryl/α,β-unsaturated/α-hetero) is 1. The molecule has 4 rings (SSSR count). The normalized spacial score (nSPS) is 11.3. The first-order valence-electron chi connectivity index (χ1n) is 11.7. The van der Waals surface area contributed by atoms with Crippen molar-refractivity contribution in [3.05, 3.63) is 119 Å². The van der Waals surface area contributed by atoms with E-state index in [-0.39, 0.29) is 30.8 Å². The van der Waals surface area contributed by atoms with E-state index in [1.54, 1.807) is 24.3 Å². The highest BCUT2D eigenvalue weighted by molar-refractivity contribution is 5.90. The lowest BCUT2D eigenvalue weighted by Gasteiger charge is -2.15. The lowest BCUT2D eigenvalue weighted by molar-refractivity contribution is -0.119. The fourth-order valence-electron chi connectivity index (χ4n) is 3.78. The van der Waals surface area contributed by atoms with Crippen LogP contribution in [0.25, 0.3) is 10.8 Å². The second kappa shape index (κ2) is 12.5. The van der Waals surface area contributed by atoms with Crippen LogP contribution in [0.1, 0.15) is 46.8 Å². The van der Waals surface area contributed by atoms with Gasteiger partial charge in [0.1, 0.15) is 12.4 Å². The summed E-state index contributed by atoms with van der Waals surface area (Å²) in [7, 11) is 0. The van der Waals surface area contributed by atoms with Crippen LogP contribution in [0.2, 0.25) is 0 Å². The molecule has 0 saturated carbocycles. The number of carbonyl (C=O) groups is 2. The van der Waals surface area contributed by atoms with Crippen LogP contribution in [-0.2, 0) is 22.6 Å². The Labute approximate surface area is 201 Å². The number of esters is 1. The van der Waals surface area contributed by atoms with E-state index in [1.807, 2.05) is 74.5 Å². The van der Waals surface area contributed by atoms with Crippen LogP contribution in [0, 0.1) is 0 Å². The summed E-state index contributed by atoms with van der Waals surface area (Å²) in [6.45, 7) is 4.42. The van der Waals surface area contributed by atoms with Gasteiger partial charge in [-0.1, -0.05) is 98.8 Å². The summed E-state index contributed by atoms with van der Waals surface area (Å²) in [5.74, 6) is -0.645. The largest absolute Gasteiger partial charge is 0.457 e. The molecule has 4 nitrogen and oxygen atoms in total. The molecule has 0 radical (unpaired) electrons. The summed E-state index contributed by atoms with van der Waals surface area (Å²) in [6.07, 6.45) is 0.336. The number of rotatable bonds is 8. The molecule has 0 fully saturated rings. The second-order valence-corrected chi connectivity index (χ2v) is 7.80. The van der Waals surface area contributed by atoms with E-state index >= 15 is 0 Å². The number of carbonyl (C=O) groups excluding carboxylic acids is 2. The van der Waals surface area contributed by atoms with E-state index in [0.29, 0.717) is 12.0 Å². The van der Waals surface area contributed by atoms with Gasteiger partial charge < -0.3 is 10.5 Å². The third-order valence-electron chi connectivity index (χ3n) is 5.58. The maximum Gasteiger partial charge on any atom is 0.338 e. The smallest absolute Gasteiger partial charge is 0.338 e. The number of fused-ring (bicyclic) bond motifs is 1. The summed E-state index contributed by atoms with van der Waals surface area (Å²) in [4.78, 5) is 25.1. The maximum absolute atomic E-state index is 13.0. The third-order valence-corrected chi connectivity index (χ3v) is 5.58. The quantitative estimate of drug-likeness (QED) is 0.328. The molecule has 34 heavy (non-hydrogen) atoms. The minimum absolute atomic E-state index is 0.0889. The number of ketones is 1. The van der Waals surface area contributed by atoms with Gasteiger partial charge in [0.2, 0.25) is 0 Å². The minimum Gasteiger partial charge on any atom is -0.457 e. The number of nitrogens with two attached hydrogens (primary N) is 1. The molecule has 0 spiro atoms. The lowest BCUT2D eigenvalue weighted by atomic mass is 9.90. The van der Waals surface area contributed by atoms with Crippen molar-refractivity contribution in [3.8, 4) is 0 Å². The van der Waals surface area contributed by atoms with Crippen LogP contribution in [-0.4, -0.2) is 18.3 Å². The van der Waals surface area contributed by atoms with Crippen molar-refractivity contribution >= 4 is 22.5 Å². The van der Waals surface area contributed by atoms with Gasteiger partial charge in [-0.05, 0) is 39.6 Å². The summed E-state index contributed by atoms with van der Waals surface area (Å²) in [5, 5.41) is 2.28. The van der Waals surface area contributed by atoms with Gasteiger partial charge in [-0.15, -0.1) is 0 Å². The highest BCUT2D eigenvalue weighted by Gasteiger charge is 2.19. The Bertz CT molecular complexity index is 1220.